The number of nitrogens with one attached hydrogen (secondary N) is 1. The molecule has 1 aliphatic heterocycles. The van der Waals surface area contributed by atoms with Crippen molar-refractivity contribution in [3.05, 3.63) is 29.8 Å². The van der Waals surface area contributed by atoms with E-state index in [9.17, 15) is 4.79 Å². The van der Waals surface area contributed by atoms with Crippen molar-refractivity contribution in [2.45, 2.75) is 96.1 Å². The largest absolute Gasteiger partial charge is 0.494 e. The molecule has 1 atom stereocenters. The number of nitrogens with zero attached hydrogens (tertiary/aromatic N) is 1. The van der Waals surface area contributed by atoms with Crippen molar-refractivity contribution in [3.63, 3.8) is 0 Å². The molecular weight excluding hydrogens is 400 g/mol. The Labute approximate surface area is 195 Å². The first-order valence-corrected chi connectivity index (χ1v) is 13.1. The summed E-state index contributed by atoms with van der Waals surface area (Å²) in [6.07, 6.45) is 13.6. The van der Waals surface area contributed by atoms with E-state index in [1.165, 1.54) is 37.7 Å². The molecule has 1 aromatic rings. The summed E-state index contributed by atoms with van der Waals surface area (Å²) in [5.41, 5.74) is 1.26. The van der Waals surface area contributed by atoms with E-state index in [1.54, 1.807) is 0 Å². The van der Waals surface area contributed by atoms with Crippen LogP contribution in [0, 0.1) is 0 Å². The van der Waals surface area contributed by atoms with E-state index in [0.29, 0.717) is 12.5 Å². The van der Waals surface area contributed by atoms with E-state index >= 15 is 0 Å². The molecule has 1 heterocycles. The molecule has 0 bridgehead atoms. The second-order valence-electron chi connectivity index (χ2n) is 9.56. The molecule has 0 aromatic heterocycles. The van der Waals surface area contributed by atoms with Gasteiger partial charge in [-0.3, -0.25) is 4.79 Å². The van der Waals surface area contributed by atoms with Crippen LogP contribution in [-0.2, 0) is 16.0 Å². The van der Waals surface area contributed by atoms with E-state index in [-0.39, 0.29) is 11.9 Å². The molecule has 180 valence electrons. The third-order valence-corrected chi connectivity index (χ3v) is 6.67. The van der Waals surface area contributed by atoms with Crippen LogP contribution in [-0.4, -0.2) is 55.8 Å². The lowest BCUT2D eigenvalue weighted by Gasteiger charge is -2.25. The van der Waals surface area contributed by atoms with Gasteiger partial charge >= 0.3 is 0 Å². The smallest absolute Gasteiger partial charge is 0.220 e. The molecule has 3 rings (SSSR count). The summed E-state index contributed by atoms with van der Waals surface area (Å²) in [5.74, 6) is 1.12. The lowest BCUT2D eigenvalue weighted by Crippen LogP contribution is -2.44. The Hall–Kier alpha value is -1.59. The van der Waals surface area contributed by atoms with Gasteiger partial charge in [-0.05, 0) is 88.6 Å². The van der Waals surface area contributed by atoms with E-state index in [0.717, 1.165) is 77.1 Å². The maximum Gasteiger partial charge on any atom is 0.220 e. The Morgan fingerprint density at radius 2 is 1.81 bits per heavy atom. The van der Waals surface area contributed by atoms with Crippen molar-refractivity contribution in [2.24, 2.45) is 0 Å². The molecule has 0 radical (unpaired) electrons. The van der Waals surface area contributed by atoms with Gasteiger partial charge in [-0.25, -0.2) is 0 Å². The summed E-state index contributed by atoms with van der Waals surface area (Å²) in [7, 11) is 0. The quantitative estimate of drug-likeness (QED) is 0.360. The molecule has 1 saturated heterocycles. The molecule has 2 fully saturated rings. The fourth-order valence-electron chi connectivity index (χ4n) is 4.43. The van der Waals surface area contributed by atoms with Crippen LogP contribution in [0.3, 0.4) is 0 Å². The van der Waals surface area contributed by atoms with Crippen LogP contribution in [0.2, 0.25) is 0 Å². The second-order valence-corrected chi connectivity index (χ2v) is 9.56. The standard InChI is InChI=1S/C27H44N2O3/c1-2-3-19-31-26-15-13-23(14-16-26)21-24(22-29-17-6-7-18-29)28-27(30)12-5-4-8-20-32-25-10-9-11-25/h13-16,24-25H,2-12,17-22H2,1H3,(H,28,30). The SMILES string of the molecule is CCCCOc1ccc(CC(CN2CCCC2)NC(=O)CCCCCOC2CCC2)cc1. The number of hydrogen-bond acceptors (Lipinski definition) is 4. The minimum Gasteiger partial charge on any atom is -0.494 e. The Balaban J connectivity index is 1.39. The van der Waals surface area contributed by atoms with E-state index in [1.807, 2.05) is 0 Å². The van der Waals surface area contributed by atoms with Gasteiger partial charge in [-0.15, -0.1) is 0 Å². The third-order valence-electron chi connectivity index (χ3n) is 6.67. The molecular formula is C27H44N2O3. The molecule has 1 saturated carbocycles. The highest BCUT2D eigenvalue weighted by atomic mass is 16.5. The van der Waals surface area contributed by atoms with Crippen LogP contribution in [0.4, 0.5) is 0 Å². The van der Waals surface area contributed by atoms with E-state index < -0.39 is 0 Å². The zero-order valence-corrected chi connectivity index (χ0v) is 20.2. The van der Waals surface area contributed by atoms with Crippen molar-refractivity contribution < 1.29 is 14.3 Å². The van der Waals surface area contributed by atoms with Crippen molar-refractivity contribution in [3.8, 4) is 5.75 Å². The fourth-order valence-corrected chi connectivity index (χ4v) is 4.43. The first kappa shape index (κ1) is 25.0. The van der Waals surface area contributed by atoms with Crippen LogP contribution < -0.4 is 10.1 Å². The molecule has 32 heavy (non-hydrogen) atoms. The predicted molar refractivity (Wildman–Crippen MR) is 130 cm³/mol. The number of benzene rings is 1. The molecule has 1 unspecified atom stereocenters. The number of hydrogen-bond donors (Lipinski definition) is 1. The number of ether oxygens (including phenoxy) is 2. The maximum atomic E-state index is 12.6. The van der Waals surface area contributed by atoms with Gasteiger partial charge in [0.25, 0.3) is 0 Å². The van der Waals surface area contributed by atoms with Crippen molar-refractivity contribution in [2.75, 3.05) is 32.8 Å². The summed E-state index contributed by atoms with van der Waals surface area (Å²) < 4.78 is 11.6. The van der Waals surface area contributed by atoms with Gasteiger partial charge in [0.15, 0.2) is 0 Å². The van der Waals surface area contributed by atoms with Gasteiger partial charge in [0.2, 0.25) is 5.91 Å². The molecule has 1 N–H and O–H groups in total. The molecule has 1 amide bonds. The van der Waals surface area contributed by atoms with Crippen LogP contribution in [0.25, 0.3) is 0 Å². The summed E-state index contributed by atoms with van der Waals surface area (Å²) >= 11 is 0. The van der Waals surface area contributed by atoms with Gasteiger partial charge < -0.3 is 19.7 Å². The summed E-state index contributed by atoms with van der Waals surface area (Å²) in [5, 5.41) is 3.33. The number of carbonyl (C=O) groups excluding carboxylic acids is 1. The van der Waals surface area contributed by atoms with Crippen LogP contribution in [0.1, 0.15) is 83.1 Å². The minimum atomic E-state index is 0.161. The van der Waals surface area contributed by atoms with Gasteiger partial charge in [-0.2, -0.15) is 0 Å². The van der Waals surface area contributed by atoms with Gasteiger partial charge in [0.05, 0.1) is 12.7 Å². The minimum absolute atomic E-state index is 0.161. The average molecular weight is 445 g/mol. The average Bonchev–Trinajstić information content (AvgIpc) is 3.26. The van der Waals surface area contributed by atoms with E-state index in [2.05, 4.69) is 41.4 Å². The molecule has 1 aliphatic carbocycles. The van der Waals surface area contributed by atoms with Crippen LogP contribution >= 0.6 is 0 Å². The number of likely N-dealkylation sites (tertiary alicyclic amines) is 1. The van der Waals surface area contributed by atoms with Crippen molar-refractivity contribution >= 4 is 5.91 Å². The first-order chi connectivity index (χ1) is 15.7. The van der Waals surface area contributed by atoms with Crippen LogP contribution in [0.15, 0.2) is 24.3 Å². The molecule has 2 aliphatic rings. The number of carbonyl (C=O) groups is 1. The lowest BCUT2D eigenvalue weighted by atomic mass is 9.96. The number of rotatable bonds is 16. The summed E-state index contributed by atoms with van der Waals surface area (Å²) in [6, 6.07) is 8.57. The Morgan fingerprint density at radius 1 is 1.03 bits per heavy atom. The summed E-state index contributed by atoms with van der Waals surface area (Å²) in [4.78, 5) is 15.1. The normalized spacial score (nSPS) is 17.8. The molecule has 0 spiro atoms. The molecule has 5 nitrogen and oxygen atoms in total. The zero-order chi connectivity index (χ0) is 22.4. The van der Waals surface area contributed by atoms with Crippen molar-refractivity contribution in [1.29, 1.82) is 0 Å². The Kier molecular flexibility index (Phi) is 11.4. The van der Waals surface area contributed by atoms with Gasteiger partial charge in [0, 0.05) is 25.6 Å². The maximum absolute atomic E-state index is 12.6. The highest BCUT2D eigenvalue weighted by Gasteiger charge is 2.20. The van der Waals surface area contributed by atoms with Crippen molar-refractivity contribution in [1.82, 2.24) is 10.2 Å². The third kappa shape index (κ3) is 9.50. The molecule has 1 aromatic carbocycles. The number of unbranched alkanes of at least 4 members (excludes halogenated alkanes) is 3. The lowest BCUT2D eigenvalue weighted by molar-refractivity contribution is -0.122. The zero-order valence-electron chi connectivity index (χ0n) is 20.2. The Morgan fingerprint density at radius 3 is 2.50 bits per heavy atom. The second kappa shape index (κ2) is 14.5. The topological polar surface area (TPSA) is 50.8 Å². The number of amides is 1. The Bertz CT molecular complexity index is 639. The summed E-state index contributed by atoms with van der Waals surface area (Å²) in [6.45, 7) is 7.04. The predicted octanol–water partition coefficient (Wildman–Crippen LogP) is 5.12. The first-order valence-electron chi connectivity index (χ1n) is 13.1. The van der Waals surface area contributed by atoms with Gasteiger partial charge in [-0.1, -0.05) is 31.9 Å². The van der Waals surface area contributed by atoms with Crippen LogP contribution in [0.5, 0.6) is 5.75 Å². The molecule has 5 heteroatoms. The highest BCUT2D eigenvalue weighted by molar-refractivity contribution is 5.76. The highest BCUT2D eigenvalue weighted by Crippen LogP contribution is 2.22. The van der Waals surface area contributed by atoms with Gasteiger partial charge in [0.1, 0.15) is 5.75 Å². The fraction of sp³-hybridized carbons (Fsp3) is 0.741. The van der Waals surface area contributed by atoms with E-state index in [4.69, 9.17) is 9.47 Å². The monoisotopic (exact) mass is 444 g/mol.